The van der Waals surface area contributed by atoms with E-state index in [-0.39, 0.29) is 18.1 Å². The van der Waals surface area contributed by atoms with Crippen LogP contribution >= 0.6 is 0 Å². The molecular formula is C13H26N2O. The zero-order valence-electron chi connectivity index (χ0n) is 11.4. The topological polar surface area (TPSA) is 32.3 Å². The highest BCUT2D eigenvalue weighted by atomic mass is 16.2. The van der Waals surface area contributed by atoms with Crippen LogP contribution in [0.1, 0.15) is 41.5 Å². The van der Waals surface area contributed by atoms with Gasteiger partial charge in [0.25, 0.3) is 0 Å². The smallest absolute Gasteiger partial charge is 0.241 e. The summed E-state index contributed by atoms with van der Waals surface area (Å²) in [5.41, 5.74) is 0. The summed E-state index contributed by atoms with van der Waals surface area (Å²) in [4.78, 5) is 14.2. The molecular weight excluding hydrogens is 200 g/mol. The SMILES string of the molecule is CC(C)C(C)CN1C(=O)C(C(C)C)NC1C. The van der Waals surface area contributed by atoms with Gasteiger partial charge in [-0.3, -0.25) is 10.1 Å². The van der Waals surface area contributed by atoms with Crippen molar-refractivity contribution in [2.75, 3.05) is 6.54 Å². The van der Waals surface area contributed by atoms with Gasteiger partial charge in [-0.05, 0) is 24.7 Å². The van der Waals surface area contributed by atoms with Crippen molar-refractivity contribution in [2.24, 2.45) is 17.8 Å². The summed E-state index contributed by atoms with van der Waals surface area (Å²) in [5, 5.41) is 3.37. The predicted molar refractivity (Wildman–Crippen MR) is 66.9 cm³/mol. The number of carbonyl (C=O) groups excluding carboxylic acids is 1. The van der Waals surface area contributed by atoms with Crippen LogP contribution in [0.15, 0.2) is 0 Å². The molecule has 1 aliphatic heterocycles. The molecule has 1 aliphatic rings. The lowest BCUT2D eigenvalue weighted by molar-refractivity contribution is -0.131. The normalized spacial score (nSPS) is 28.2. The molecule has 0 bridgehead atoms. The van der Waals surface area contributed by atoms with Crippen molar-refractivity contribution in [1.29, 1.82) is 0 Å². The van der Waals surface area contributed by atoms with Crippen LogP contribution in [0.25, 0.3) is 0 Å². The fourth-order valence-corrected chi connectivity index (χ4v) is 2.04. The summed E-state index contributed by atoms with van der Waals surface area (Å²) in [6, 6.07) is 0.00867. The summed E-state index contributed by atoms with van der Waals surface area (Å²) in [7, 11) is 0. The standard InChI is InChI=1S/C13H26N2O/c1-8(2)10(5)7-15-11(6)14-12(9(3)4)13(15)16/h8-12,14H,7H2,1-6H3. The second-order valence-corrected chi connectivity index (χ2v) is 5.78. The van der Waals surface area contributed by atoms with Gasteiger partial charge in [-0.1, -0.05) is 34.6 Å². The highest BCUT2D eigenvalue weighted by molar-refractivity contribution is 5.84. The second kappa shape index (κ2) is 5.17. The molecule has 1 N–H and O–H groups in total. The van der Waals surface area contributed by atoms with E-state index in [9.17, 15) is 4.79 Å². The zero-order valence-corrected chi connectivity index (χ0v) is 11.4. The van der Waals surface area contributed by atoms with Crippen molar-refractivity contribution >= 4 is 5.91 Å². The lowest BCUT2D eigenvalue weighted by Crippen LogP contribution is -2.39. The van der Waals surface area contributed by atoms with Gasteiger partial charge in [-0.25, -0.2) is 0 Å². The first-order valence-electron chi connectivity index (χ1n) is 6.41. The quantitative estimate of drug-likeness (QED) is 0.796. The van der Waals surface area contributed by atoms with Crippen LogP contribution in [-0.2, 0) is 4.79 Å². The Hall–Kier alpha value is -0.570. The minimum Gasteiger partial charge on any atom is -0.326 e. The Kier molecular flexibility index (Phi) is 4.36. The number of hydrogen-bond donors (Lipinski definition) is 1. The lowest BCUT2D eigenvalue weighted by Gasteiger charge is -2.26. The molecule has 0 saturated carbocycles. The Bertz CT molecular complexity index is 250. The van der Waals surface area contributed by atoms with Gasteiger partial charge in [0.2, 0.25) is 5.91 Å². The van der Waals surface area contributed by atoms with E-state index in [4.69, 9.17) is 0 Å². The third-order valence-corrected chi connectivity index (χ3v) is 3.73. The molecule has 94 valence electrons. The van der Waals surface area contributed by atoms with Gasteiger partial charge in [-0.2, -0.15) is 0 Å². The Labute approximate surface area is 99.6 Å². The van der Waals surface area contributed by atoms with Crippen LogP contribution in [0.2, 0.25) is 0 Å². The van der Waals surface area contributed by atoms with E-state index in [1.54, 1.807) is 0 Å². The van der Waals surface area contributed by atoms with Crippen LogP contribution in [0.4, 0.5) is 0 Å². The fourth-order valence-electron chi connectivity index (χ4n) is 2.04. The van der Waals surface area contributed by atoms with Gasteiger partial charge < -0.3 is 4.90 Å². The summed E-state index contributed by atoms with van der Waals surface area (Å²) in [5.74, 6) is 1.82. The molecule has 1 rings (SSSR count). The van der Waals surface area contributed by atoms with Crippen molar-refractivity contribution in [3.63, 3.8) is 0 Å². The molecule has 0 aromatic rings. The van der Waals surface area contributed by atoms with Crippen LogP contribution in [0, 0.1) is 17.8 Å². The third-order valence-electron chi connectivity index (χ3n) is 3.73. The molecule has 1 saturated heterocycles. The maximum atomic E-state index is 12.2. The van der Waals surface area contributed by atoms with Gasteiger partial charge in [0.1, 0.15) is 0 Å². The highest BCUT2D eigenvalue weighted by Crippen LogP contribution is 2.20. The minimum atomic E-state index is 0.00867. The third kappa shape index (κ3) is 2.76. The van der Waals surface area contributed by atoms with Gasteiger partial charge in [0.05, 0.1) is 12.2 Å². The first-order chi connectivity index (χ1) is 7.34. The lowest BCUT2D eigenvalue weighted by atomic mass is 9.97. The molecule has 0 radical (unpaired) electrons. The van der Waals surface area contributed by atoms with Gasteiger partial charge in [-0.15, -0.1) is 0 Å². The number of nitrogens with one attached hydrogen (secondary N) is 1. The van der Waals surface area contributed by atoms with Gasteiger partial charge in [0.15, 0.2) is 0 Å². The van der Waals surface area contributed by atoms with Crippen LogP contribution in [-0.4, -0.2) is 29.6 Å². The van der Waals surface area contributed by atoms with Crippen LogP contribution in [0.3, 0.4) is 0 Å². The summed E-state index contributed by atoms with van der Waals surface area (Å²) < 4.78 is 0. The maximum absolute atomic E-state index is 12.2. The Morgan fingerprint density at radius 1 is 1.25 bits per heavy atom. The van der Waals surface area contributed by atoms with E-state index >= 15 is 0 Å². The molecule has 1 amide bonds. The van der Waals surface area contributed by atoms with E-state index in [1.807, 2.05) is 4.90 Å². The largest absolute Gasteiger partial charge is 0.326 e. The molecule has 16 heavy (non-hydrogen) atoms. The molecule has 3 atom stereocenters. The van der Waals surface area contributed by atoms with Gasteiger partial charge in [0, 0.05) is 6.54 Å². The molecule has 3 heteroatoms. The molecule has 1 heterocycles. The van der Waals surface area contributed by atoms with Crippen LogP contribution < -0.4 is 5.32 Å². The average molecular weight is 226 g/mol. The first-order valence-corrected chi connectivity index (χ1v) is 6.41. The predicted octanol–water partition coefficient (Wildman–Crippen LogP) is 2.08. The maximum Gasteiger partial charge on any atom is 0.241 e. The summed E-state index contributed by atoms with van der Waals surface area (Å²) in [6.45, 7) is 13.8. The number of carbonyl (C=O) groups is 1. The Balaban J connectivity index is 2.64. The monoisotopic (exact) mass is 226 g/mol. The van der Waals surface area contributed by atoms with Crippen molar-refractivity contribution in [1.82, 2.24) is 10.2 Å². The minimum absolute atomic E-state index is 0.00867. The average Bonchev–Trinajstić information content (AvgIpc) is 2.45. The van der Waals surface area contributed by atoms with E-state index in [0.717, 1.165) is 6.54 Å². The summed E-state index contributed by atoms with van der Waals surface area (Å²) >= 11 is 0. The van der Waals surface area contributed by atoms with E-state index in [2.05, 4.69) is 46.9 Å². The van der Waals surface area contributed by atoms with E-state index < -0.39 is 0 Å². The first kappa shape index (κ1) is 13.5. The van der Waals surface area contributed by atoms with Crippen molar-refractivity contribution in [3.05, 3.63) is 0 Å². The number of amides is 1. The fraction of sp³-hybridized carbons (Fsp3) is 0.923. The van der Waals surface area contributed by atoms with Gasteiger partial charge >= 0.3 is 0 Å². The molecule has 0 aromatic heterocycles. The van der Waals surface area contributed by atoms with Crippen LogP contribution in [0.5, 0.6) is 0 Å². The number of nitrogens with zero attached hydrogens (tertiary/aromatic N) is 1. The zero-order chi connectivity index (χ0) is 12.5. The highest BCUT2D eigenvalue weighted by Gasteiger charge is 2.38. The van der Waals surface area contributed by atoms with Crippen molar-refractivity contribution in [3.8, 4) is 0 Å². The van der Waals surface area contributed by atoms with Crippen molar-refractivity contribution in [2.45, 2.75) is 53.8 Å². The number of rotatable bonds is 4. The Morgan fingerprint density at radius 2 is 1.81 bits per heavy atom. The Morgan fingerprint density at radius 3 is 2.19 bits per heavy atom. The summed E-state index contributed by atoms with van der Waals surface area (Å²) in [6.07, 6.45) is 0.182. The number of hydrogen-bond acceptors (Lipinski definition) is 2. The molecule has 0 aliphatic carbocycles. The molecule has 0 aromatic carbocycles. The van der Waals surface area contributed by atoms with Crippen molar-refractivity contribution < 1.29 is 4.79 Å². The molecule has 3 nitrogen and oxygen atoms in total. The molecule has 0 spiro atoms. The molecule has 1 fully saturated rings. The molecule has 3 unspecified atom stereocenters. The second-order valence-electron chi connectivity index (χ2n) is 5.78. The van der Waals surface area contributed by atoms with E-state index in [1.165, 1.54) is 0 Å². The van der Waals surface area contributed by atoms with E-state index in [0.29, 0.717) is 17.8 Å².